The van der Waals surface area contributed by atoms with Crippen molar-refractivity contribution in [2.24, 2.45) is 11.7 Å². The van der Waals surface area contributed by atoms with E-state index in [-0.39, 0.29) is 17.9 Å². The molecule has 0 rings (SSSR count). The van der Waals surface area contributed by atoms with Gasteiger partial charge in [0.2, 0.25) is 11.8 Å². The van der Waals surface area contributed by atoms with Crippen molar-refractivity contribution in [3.8, 4) is 0 Å². The van der Waals surface area contributed by atoms with E-state index in [1.807, 2.05) is 27.7 Å². The van der Waals surface area contributed by atoms with E-state index in [1.54, 1.807) is 6.92 Å². The van der Waals surface area contributed by atoms with E-state index in [0.29, 0.717) is 12.3 Å². The minimum Gasteiger partial charge on any atom is -0.352 e. The van der Waals surface area contributed by atoms with Crippen LogP contribution in [0.2, 0.25) is 0 Å². The Morgan fingerprint density at radius 1 is 1.00 bits per heavy atom. The zero-order valence-corrected chi connectivity index (χ0v) is 11.4. The van der Waals surface area contributed by atoms with E-state index in [0.717, 1.165) is 0 Å². The summed E-state index contributed by atoms with van der Waals surface area (Å²) in [5.41, 5.74) is 5.72. The van der Waals surface area contributed by atoms with E-state index in [1.165, 1.54) is 0 Å². The molecule has 0 aliphatic rings. The molecule has 17 heavy (non-hydrogen) atoms. The lowest BCUT2D eigenvalue weighted by molar-refractivity contribution is -0.129. The van der Waals surface area contributed by atoms with Crippen LogP contribution in [0.15, 0.2) is 0 Å². The van der Waals surface area contributed by atoms with Gasteiger partial charge in [0.1, 0.15) is 6.04 Å². The Labute approximate surface area is 104 Å². The first-order chi connectivity index (χ1) is 7.73. The fourth-order valence-corrected chi connectivity index (χ4v) is 1.41. The van der Waals surface area contributed by atoms with E-state index in [2.05, 4.69) is 10.6 Å². The van der Waals surface area contributed by atoms with Crippen LogP contribution in [-0.4, -0.2) is 29.9 Å². The molecule has 0 bridgehead atoms. The van der Waals surface area contributed by atoms with Gasteiger partial charge in [-0.1, -0.05) is 13.8 Å². The second kappa shape index (κ2) is 7.27. The van der Waals surface area contributed by atoms with Crippen molar-refractivity contribution in [3.63, 3.8) is 0 Å². The van der Waals surface area contributed by atoms with Gasteiger partial charge < -0.3 is 16.4 Å². The minimum absolute atomic E-state index is 0.0613. The Bertz CT molecular complexity index is 264. The van der Waals surface area contributed by atoms with Crippen LogP contribution < -0.4 is 16.4 Å². The topological polar surface area (TPSA) is 84.2 Å². The van der Waals surface area contributed by atoms with Crippen LogP contribution in [0.4, 0.5) is 0 Å². The molecular weight excluding hydrogens is 218 g/mol. The first kappa shape index (κ1) is 15.9. The van der Waals surface area contributed by atoms with Crippen LogP contribution in [0.3, 0.4) is 0 Å². The molecule has 0 saturated carbocycles. The number of amides is 2. The number of hydrogen-bond acceptors (Lipinski definition) is 3. The molecule has 0 heterocycles. The maximum atomic E-state index is 11.7. The summed E-state index contributed by atoms with van der Waals surface area (Å²) in [6.07, 6.45) is 0.615. The third-order valence-corrected chi connectivity index (χ3v) is 2.25. The fourth-order valence-electron chi connectivity index (χ4n) is 1.41. The van der Waals surface area contributed by atoms with Gasteiger partial charge in [0.15, 0.2) is 0 Å². The zero-order valence-electron chi connectivity index (χ0n) is 11.4. The number of nitrogens with one attached hydrogen (secondary N) is 2. The summed E-state index contributed by atoms with van der Waals surface area (Å²) >= 11 is 0. The van der Waals surface area contributed by atoms with Crippen LogP contribution in [0.5, 0.6) is 0 Å². The quantitative estimate of drug-likeness (QED) is 0.631. The Hall–Kier alpha value is -1.10. The van der Waals surface area contributed by atoms with Crippen molar-refractivity contribution in [2.45, 2.75) is 59.2 Å². The third kappa shape index (κ3) is 6.94. The monoisotopic (exact) mass is 243 g/mol. The lowest BCUT2D eigenvalue weighted by Gasteiger charge is -2.19. The first-order valence-corrected chi connectivity index (χ1v) is 6.10. The Kier molecular flexibility index (Phi) is 6.80. The molecule has 5 nitrogen and oxygen atoms in total. The molecule has 0 radical (unpaired) electrons. The summed E-state index contributed by atoms with van der Waals surface area (Å²) in [5.74, 6) is -0.106. The normalized spacial score (nSPS) is 14.6. The van der Waals surface area contributed by atoms with Crippen molar-refractivity contribution in [2.75, 3.05) is 0 Å². The number of rotatable bonds is 6. The van der Waals surface area contributed by atoms with Gasteiger partial charge in [-0.05, 0) is 33.1 Å². The van der Waals surface area contributed by atoms with Gasteiger partial charge in [0.05, 0.1) is 6.04 Å². The van der Waals surface area contributed by atoms with Crippen LogP contribution in [0.25, 0.3) is 0 Å². The SMILES string of the molecule is CC(C)CC(N)C(=O)NC(C)C(=O)NC(C)C. The largest absolute Gasteiger partial charge is 0.352 e. The lowest BCUT2D eigenvalue weighted by Crippen LogP contribution is -2.51. The number of nitrogens with two attached hydrogens (primary N) is 1. The maximum absolute atomic E-state index is 11.7. The van der Waals surface area contributed by atoms with Gasteiger partial charge >= 0.3 is 0 Å². The van der Waals surface area contributed by atoms with Gasteiger partial charge in [0.25, 0.3) is 0 Å². The van der Waals surface area contributed by atoms with Gasteiger partial charge in [0, 0.05) is 6.04 Å². The van der Waals surface area contributed by atoms with Crippen LogP contribution in [0.1, 0.15) is 41.0 Å². The molecule has 0 aromatic rings. The summed E-state index contributed by atoms with van der Waals surface area (Å²) < 4.78 is 0. The molecule has 5 heteroatoms. The maximum Gasteiger partial charge on any atom is 0.242 e. The summed E-state index contributed by atoms with van der Waals surface area (Å²) in [4.78, 5) is 23.2. The molecular formula is C12H25N3O2. The number of hydrogen-bond donors (Lipinski definition) is 3. The fraction of sp³-hybridized carbons (Fsp3) is 0.833. The van der Waals surface area contributed by atoms with Gasteiger partial charge in [-0.3, -0.25) is 9.59 Å². The van der Waals surface area contributed by atoms with E-state index in [4.69, 9.17) is 5.73 Å². The summed E-state index contributed by atoms with van der Waals surface area (Å²) in [6.45, 7) is 9.40. The van der Waals surface area contributed by atoms with Crippen molar-refractivity contribution in [1.82, 2.24) is 10.6 Å². The molecule has 4 N–H and O–H groups in total. The predicted octanol–water partition coefficient (Wildman–Crippen LogP) is 0.389. The standard InChI is InChI=1S/C12H25N3O2/c1-7(2)6-10(13)12(17)15-9(5)11(16)14-8(3)4/h7-10H,6,13H2,1-5H3,(H,14,16)(H,15,17). The number of carbonyl (C=O) groups is 2. The van der Waals surface area contributed by atoms with Crippen molar-refractivity contribution in [1.29, 1.82) is 0 Å². The number of carbonyl (C=O) groups excluding carboxylic acids is 2. The Morgan fingerprint density at radius 2 is 1.53 bits per heavy atom. The predicted molar refractivity (Wildman–Crippen MR) is 68.3 cm³/mol. The smallest absolute Gasteiger partial charge is 0.242 e. The zero-order chi connectivity index (χ0) is 13.6. The Balaban J connectivity index is 4.15. The molecule has 0 saturated heterocycles. The second-order valence-corrected chi connectivity index (χ2v) is 5.13. The van der Waals surface area contributed by atoms with Crippen LogP contribution in [-0.2, 0) is 9.59 Å². The molecule has 0 spiro atoms. The van der Waals surface area contributed by atoms with Crippen LogP contribution >= 0.6 is 0 Å². The first-order valence-electron chi connectivity index (χ1n) is 6.10. The van der Waals surface area contributed by atoms with Crippen LogP contribution in [0, 0.1) is 5.92 Å². The molecule has 0 fully saturated rings. The lowest BCUT2D eigenvalue weighted by atomic mass is 10.0. The van der Waals surface area contributed by atoms with Crippen molar-refractivity contribution in [3.05, 3.63) is 0 Å². The average molecular weight is 243 g/mol. The average Bonchev–Trinajstić information content (AvgIpc) is 2.15. The summed E-state index contributed by atoms with van der Waals surface area (Å²) in [6, 6.07) is -1.04. The van der Waals surface area contributed by atoms with E-state index in [9.17, 15) is 9.59 Å². The molecule has 2 amide bonds. The third-order valence-electron chi connectivity index (χ3n) is 2.25. The van der Waals surface area contributed by atoms with E-state index < -0.39 is 12.1 Å². The molecule has 0 aliphatic heterocycles. The Morgan fingerprint density at radius 3 is 1.94 bits per heavy atom. The molecule has 2 unspecified atom stereocenters. The summed E-state index contributed by atoms with van der Waals surface area (Å²) in [7, 11) is 0. The molecule has 2 atom stereocenters. The van der Waals surface area contributed by atoms with Crippen molar-refractivity contribution < 1.29 is 9.59 Å². The second-order valence-electron chi connectivity index (χ2n) is 5.13. The van der Waals surface area contributed by atoms with Gasteiger partial charge in [-0.25, -0.2) is 0 Å². The minimum atomic E-state index is -0.553. The highest BCUT2D eigenvalue weighted by Crippen LogP contribution is 2.02. The summed E-state index contributed by atoms with van der Waals surface area (Å²) in [5, 5.41) is 5.35. The van der Waals surface area contributed by atoms with Gasteiger partial charge in [-0.15, -0.1) is 0 Å². The van der Waals surface area contributed by atoms with Gasteiger partial charge in [-0.2, -0.15) is 0 Å². The van der Waals surface area contributed by atoms with Crippen molar-refractivity contribution >= 4 is 11.8 Å². The molecule has 100 valence electrons. The highest BCUT2D eigenvalue weighted by molar-refractivity contribution is 5.89. The molecule has 0 aromatic carbocycles. The highest BCUT2D eigenvalue weighted by atomic mass is 16.2. The van der Waals surface area contributed by atoms with E-state index >= 15 is 0 Å². The molecule has 0 aromatic heterocycles. The highest BCUT2D eigenvalue weighted by Gasteiger charge is 2.20. The molecule has 0 aliphatic carbocycles.